The molecule has 0 amide bonds. The second kappa shape index (κ2) is 9.14. The van der Waals surface area contributed by atoms with Crippen molar-refractivity contribution in [2.75, 3.05) is 37.0 Å². The topological polar surface area (TPSA) is 74.1 Å². The number of aromatic nitrogens is 2. The normalized spacial score (nSPS) is 11.8. The molecule has 21 heavy (non-hydrogen) atoms. The third-order valence-electron chi connectivity index (χ3n) is 3.01. The van der Waals surface area contributed by atoms with Crippen LogP contribution in [-0.4, -0.2) is 36.7 Å². The van der Waals surface area contributed by atoms with E-state index in [2.05, 4.69) is 40.1 Å². The molecule has 0 spiro atoms. The SMILES string of the molecule is CCCNc1cc(N(CC)CC(C)C#N)nc(COC)n1. The number of nitriles is 1. The van der Waals surface area contributed by atoms with Gasteiger partial charge in [-0.3, -0.25) is 0 Å². The Labute approximate surface area is 127 Å². The fourth-order valence-electron chi connectivity index (χ4n) is 1.94. The predicted molar refractivity (Wildman–Crippen MR) is 84.2 cm³/mol. The van der Waals surface area contributed by atoms with Crippen LogP contribution in [0.4, 0.5) is 11.6 Å². The lowest BCUT2D eigenvalue weighted by molar-refractivity contribution is 0.178. The molecule has 1 unspecified atom stereocenters. The molecule has 116 valence electrons. The molecule has 0 aliphatic heterocycles. The Balaban J connectivity index is 3.01. The molecular formula is C15H25N5O. The Morgan fingerprint density at radius 1 is 1.43 bits per heavy atom. The molecule has 0 fully saturated rings. The third kappa shape index (κ3) is 5.56. The second-order valence-electron chi connectivity index (χ2n) is 4.96. The first-order valence-electron chi connectivity index (χ1n) is 7.39. The van der Waals surface area contributed by atoms with Gasteiger partial charge in [0, 0.05) is 32.8 Å². The molecule has 1 aromatic heterocycles. The molecule has 0 aromatic carbocycles. The average Bonchev–Trinajstić information content (AvgIpc) is 2.50. The van der Waals surface area contributed by atoms with E-state index < -0.39 is 0 Å². The van der Waals surface area contributed by atoms with E-state index in [-0.39, 0.29) is 5.92 Å². The Morgan fingerprint density at radius 3 is 2.76 bits per heavy atom. The molecule has 0 saturated carbocycles. The summed E-state index contributed by atoms with van der Waals surface area (Å²) >= 11 is 0. The summed E-state index contributed by atoms with van der Waals surface area (Å²) in [5, 5.41) is 12.3. The molecule has 0 radical (unpaired) electrons. The zero-order valence-corrected chi connectivity index (χ0v) is 13.4. The Morgan fingerprint density at radius 2 is 2.19 bits per heavy atom. The van der Waals surface area contributed by atoms with Crippen LogP contribution in [0.5, 0.6) is 0 Å². The summed E-state index contributed by atoms with van der Waals surface area (Å²) in [6, 6.07) is 4.20. The summed E-state index contributed by atoms with van der Waals surface area (Å²) in [4.78, 5) is 11.1. The fraction of sp³-hybridized carbons (Fsp3) is 0.667. The van der Waals surface area contributed by atoms with Gasteiger partial charge in [0.15, 0.2) is 5.82 Å². The number of methoxy groups -OCH3 is 1. The maximum absolute atomic E-state index is 8.99. The molecule has 0 aliphatic rings. The van der Waals surface area contributed by atoms with Gasteiger partial charge < -0.3 is 15.0 Å². The zero-order valence-electron chi connectivity index (χ0n) is 13.4. The van der Waals surface area contributed by atoms with Crippen molar-refractivity contribution in [2.24, 2.45) is 5.92 Å². The van der Waals surface area contributed by atoms with Gasteiger partial charge in [0.05, 0.1) is 12.0 Å². The van der Waals surface area contributed by atoms with E-state index in [1.807, 2.05) is 13.0 Å². The van der Waals surface area contributed by atoms with Crippen LogP contribution in [0.3, 0.4) is 0 Å². The Hall–Kier alpha value is -1.87. The van der Waals surface area contributed by atoms with Crippen molar-refractivity contribution in [1.82, 2.24) is 9.97 Å². The van der Waals surface area contributed by atoms with E-state index in [4.69, 9.17) is 10.00 Å². The largest absolute Gasteiger partial charge is 0.377 e. The predicted octanol–water partition coefficient (Wildman–Crippen LogP) is 2.43. The average molecular weight is 291 g/mol. The summed E-state index contributed by atoms with van der Waals surface area (Å²) in [5.41, 5.74) is 0. The first kappa shape index (κ1) is 17.2. The van der Waals surface area contributed by atoms with Crippen LogP contribution in [0.25, 0.3) is 0 Å². The summed E-state index contributed by atoms with van der Waals surface area (Å²) < 4.78 is 5.13. The van der Waals surface area contributed by atoms with E-state index in [1.165, 1.54) is 0 Å². The van der Waals surface area contributed by atoms with Crippen LogP contribution in [0.15, 0.2) is 6.07 Å². The van der Waals surface area contributed by atoms with Gasteiger partial charge in [-0.15, -0.1) is 0 Å². The molecule has 1 rings (SSSR count). The lowest BCUT2D eigenvalue weighted by Crippen LogP contribution is -2.29. The molecule has 1 atom stereocenters. The van der Waals surface area contributed by atoms with Crippen molar-refractivity contribution in [2.45, 2.75) is 33.8 Å². The van der Waals surface area contributed by atoms with E-state index in [0.29, 0.717) is 19.0 Å². The molecule has 0 aliphatic carbocycles. The van der Waals surface area contributed by atoms with Crippen molar-refractivity contribution in [1.29, 1.82) is 5.26 Å². The van der Waals surface area contributed by atoms with Crippen LogP contribution in [0.1, 0.15) is 33.0 Å². The van der Waals surface area contributed by atoms with Crippen LogP contribution in [0, 0.1) is 17.2 Å². The van der Waals surface area contributed by atoms with Gasteiger partial charge in [0.2, 0.25) is 0 Å². The number of rotatable bonds is 9. The van der Waals surface area contributed by atoms with Crippen molar-refractivity contribution < 1.29 is 4.74 Å². The van der Waals surface area contributed by atoms with Gasteiger partial charge >= 0.3 is 0 Å². The number of nitrogens with one attached hydrogen (secondary N) is 1. The van der Waals surface area contributed by atoms with E-state index in [0.717, 1.165) is 31.1 Å². The maximum Gasteiger partial charge on any atom is 0.158 e. The minimum absolute atomic E-state index is 0.0437. The molecule has 1 aromatic rings. The van der Waals surface area contributed by atoms with Gasteiger partial charge in [0.1, 0.15) is 18.2 Å². The van der Waals surface area contributed by atoms with Crippen LogP contribution in [0.2, 0.25) is 0 Å². The van der Waals surface area contributed by atoms with Crippen LogP contribution >= 0.6 is 0 Å². The highest BCUT2D eigenvalue weighted by Crippen LogP contribution is 2.17. The fourth-order valence-corrected chi connectivity index (χ4v) is 1.94. The zero-order chi connectivity index (χ0) is 15.7. The van der Waals surface area contributed by atoms with Crippen molar-refractivity contribution in [3.8, 4) is 6.07 Å². The van der Waals surface area contributed by atoms with Gasteiger partial charge in [-0.25, -0.2) is 9.97 Å². The molecule has 1 heterocycles. The Kier molecular flexibility index (Phi) is 7.48. The smallest absolute Gasteiger partial charge is 0.158 e. The summed E-state index contributed by atoms with van der Waals surface area (Å²) in [6.45, 7) is 8.77. The number of hydrogen-bond acceptors (Lipinski definition) is 6. The Bertz CT molecular complexity index is 472. The minimum Gasteiger partial charge on any atom is -0.377 e. The van der Waals surface area contributed by atoms with Gasteiger partial charge in [-0.05, 0) is 20.3 Å². The highest BCUT2D eigenvalue weighted by molar-refractivity contribution is 5.49. The van der Waals surface area contributed by atoms with Crippen molar-refractivity contribution >= 4 is 11.6 Å². The number of nitrogens with zero attached hydrogens (tertiary/aromatic N) is 4. The summed E-state index contributed by atoms with van der Waals surface area (Å²) in [5.74, 6) is 2.24. The maximum atomic E-state index is 8.99. The van der Waals surface area contributed by atoms with Crippen molar-refractivity contribution in [3.05, 3.63) is 11.9 Å². The molecule has 6 nitrogen and oxygen atoms in total. The molecule has 0 bridgehead atoms. The first-order valence-corrected chi connectivity index (χ1v) is 7.39. The minimum atomic E-state index is -0.0437. The second-order valence-corrected chi connectivity index (χ2v) is 4.96. The number of hydrogen-bond donors (Lipinski definition) is 1. The lowest BCUT2D eigenvalue weighted by atomic mass is 10.2. The number of anilines is 2. The highest BCUT2D eigenvalue weighted by atomic mass is 16.5. The van der Waals surface area contributed by atoms with Crippen LogP contribution < -0.4 is 10.2 Å². The molecular weight excluding hydrogens is 266 g/mol. The highest BCUT2D eigenvalue weighted by Gasteiger charge is 2.13. The standard InChI is InChI=1S/C15H25N5O/c1-5-7-17-13-8-15(19-14(18-13)11-21-4)20(6-2)10-12(3)9-16/h8,12H,5-7,10-11H2,1-4H3,(H,17,18,19). The molecule has 1 N–H and O–H groups in total. The third-order valence-corrected chi connectivity index (χ3v) is 3.01. The number of ether oxygens (including phenoxy) is 1. The van der Waals surface area contributed by atoms with Gasteiger partial charge in [-0.2, -0.15) is 5.26 Å². The van der Waals surface area contributed by atoms with E-state index in [9.17, 15) is 0 Å². The van der Waals surface area contributed by atoms with E-state index in [1.54, 1.807) is 7.11 Å². The van der Waals surface area contributed by atoms with Gasteiger partial charge in [0.25, 0.3) is 0 Å². The van der Waals surface area contributed by atoms with E-state index >= 15 is 0 Å². The monoisotopic (exact) mass is 291 g/mol. The van der Waals surface area contributed by atoms with Crippen LogP contribution in [-0.2, 0) is 11.3 Å². The summed E-state index contributed by atoms with van der Waals surface area (Å²) in [6.07, 6.45) is 1.03. The molecule has 0 saturated heterocycles. The van der Waals surface area contributed by atoms with Crippen molar-refractivity contribution in [3.63, 3.8) is 0 Å². The first-order chi connectivity index (χ1) is 10.1. The quantitative estimate of drug-likeness (QED) is 0.753. The lowest BCUT2D eigenvalue weighted by Gasteiger charge is -2.24. The summed E-state index contributed by atoms with van der Waals surface area (Å²) in [7, 11) is 1.63. The van der Waals surface area contributed by atoms with Gasteiger partial charge in [-0.1, -0.05) is 6.92 Å². The molecule has 6 heteroatoms.